The van der Waals surface area contributed by atoms with E-state index in [1.165, 1.54) is 0 Å². The minimum absolute atomic E-state index is 0.0356. The Balaban J connectivity index is 1.24. The zero-order valence-corrected chi connectivity index (χ0v) is 18.0. The Morgan fingerprint density at radius 1 is 1.12 bits per heavy atom. The number of esters is 1. The zero-order chi connectivity index (χ0) is 22.8. The van der Waals surface area contributed by atoms with Crippen molar-refractivity contribution in [1.29, 1.82) is 0 Å². The first-order chi connectivity index (χ1) is 16.1. The minimum atomic E-state index is -0.860. The third-order valence-corrected chi connectivity index (χ3v) is 6.12. The number of H-pyrrole nitrogens is 1. The van der Waals surface area contributed by atoms with E-state index in [0.29, 0.717) is 18.7 Å². The number of aromatic amines is 1. The topological polar surface area (TPSA) is 101 Å². The van der Waals surface area contributed by atoms with Gasteiger partial charge in [0.15, 0.2) is 0 Å². The van der Waals surface area contributed by atoms with Gasteiger partial charge in [0.05, 0.1) is 13.0 Å². The number of carbonyl (C=O) groups excluding carboxylic acids is 3. The van der Waals surface area contributed by atoms with Crippen LogP contribution in [0, 0.1) is 0 Å². The maximum absolute atomic E-state index is 13.2. The van der Waals surface area contributed by atoms with Gasteiger partial charge in [-0.15, -0.1) is 0 Å². The highest BCUT2D eigenvalue weighted by molar-refractivity contribution is 6.00. The molecule has 2 fully saturated rings. The smallest absolute Gasteiger partial charge is 0.310 e. The summed E-state index contributed by atoms with van der Waals surface area (Å²) in [6, 6.07) is 17.8. The van der Waals surface area contributed by atoms with E-state index in [1.807, 2.05) is 60.7 Å². The van der Waals surface area contributed by atoms with Crippen molar-refractivity contribution in [2.45, 2.75) is 44.2 Å². The minimum Gasteiger partial charge on any atom is -0.433 e. The Morgan fingerprint density at radius 3 is 2.73 bits per heavy atom. The molecule has 8 heteroatoms. The number of cyclic esters (lactones) is 1. The lowest BCUT2D eigenvalue weighted by molar-refractivity contribution is -0.168. The zero-order valence-electron chi connectivity index (χ0n) is 18.0. The molecule has 2 saturated heterocycles. The van der Waals surface area contributed by atoms with E-state index in [2.05, 4.69) is 10.3 Å². The molecule has 2 aliphatic rings. The molecule has 3 heterocycles. The predicted octanol–water partition coefficient (Wildman–Crippen LogP) is 2.75. The summed E-state index contributed by atoms with van der Waals surface area (Å²) in [5.74, 6) is -0.927. The highest BCUT2D eigenvalue weighted by atomic mass is 16.7. The largest absolute Gasteiger partial charge is 0.433 e. The van der Waals surface area contributed by atoms with Gasteiger partial charge < -0.3 is 24.7 Å². The van der Waals surface area contributed by atoms with Crippen LogP contribution >= 0.6 is 0 Å². The van der Waals surface area contributed by atoms with Crippen molar-refractivity contribution in [1.82, 2.24) is 15.2 Å². The third-order valence-electron chi connectivity index (χ3n) is 6.12. The van der Waals surface area contributed by atoms with Gasteiger partial charge in [-0.05, 0) is 30.5 Å². The van der Waals surface area contributed by atoms with E-state index in [1.54, 1.807) is 4.90 Å². The Hall–Kier alpha value is -3.65. The van der Waals surface area contributed by atoms with Crippen LogP contribution in [-0.4, -0.2) is 52.6 Å². The van der Waals surface area contributed by atoms with Crippen LogP contribution in [0.5, 0.6) is 0 Å². The normalized spacial score (nSPS) is 22.5. The summed E-state index contributed by atoms with van der Waals surface area (Å²) in [5.41, 5.74) is 2.27. The number of nitrogens with one attached hydrogen (secondary N) is 2. The molecule has 0 saturated carbocycles. The molecule has 3 unspecified atom stereocenters. The molecule has 2 N–H and O–H groups in total. The molecule has 3 aromatic rings. The van der Waals surface area contributed by atoms with Gasteiger partial charge in [0, 0.05) is 17.4 Å². The molecule has 0 bridgehead atoms. The molecule has 1 aromatic heterocycles. The van der Waals surface area contributed by atoms with E-state index in [-0.39, 0.29) is 24.8 Å². The number of rotatable bonds is 6. The summed E-state index contributed by atoms with van der Waals surface area (Å²) < 4.78 is 11.0. The average molecular weight is 447 g/mol. The van der Waals surface area contributed by atoms with Crippen molar-refractivity contribution >= 4 is 28.7 Å². The Kier molecular flexibility index (Phi) is 5.83. The molecule has 33 heavy (non-hydrogen) atoms. The lowest BCUT2D eigenvalue weighted by atomic mass is 10.1. The first kappa shape index (κ1) is 21.2. The van der Waals surface area contributed by atoms with E-state index < -0.39 is 24.3 Å². The van der Waals surface area contributed by atoms with Crippen molar-refractivity contribution in [3.63, 3.8) is 0 Å². The van der Waals surface area contributed by atoms with E-state index >= 15 is 0 Å². The number of fused-ring (bicyclic) bond motifs is 1. The first-order valence-corrected chi connectivity index (χ1v) is 11.1. The standard InChI is InChI=1S/C25H25N3O5/c29-22-14-20(25(33-22)32-15-16-7-2-1-3-8-16)27-23(30)21-11-6-12-28(21)24(31)19-13-17-9-4-5-10-18(17)26-19/h1-5,7-10,13,20-21,25-26H,6,11-12,14-15H2,(H,27,30). The number of nitrogens with zero attached hydrogens (tertiary/aromatic N) is 1. The number of carbonyl (C=O) groups is 3. The van der Waals surface area contributed by atoms with Crippen LogP contribution in [-0.2, 0) is 25.7 Å². The first-order valence-electron chi connectivity index (χ1n) is 11.1. The number of benzene rings is 2. The van der Waals surface area contributed by atoms with Gasteiger partial charge in [0.25, 0.3) is 5.91 Å². The van der Waals surface area contributed by atoms with Gasteiger partial charge in [0.1, 0.15) is 17.8 Å². The summed E-state index contributed by atoms with van der Waals surface area (Å²) in [4.78, 5) is 42.9. The summed E-state index contributed by atoms with van der Waals surface area (Å²) >= 11 is 0. The number of hydrogen-bond acceptors (Lipinski definition) is 5. The second kappa shape index (κ2) is 9.07. The number of hydrogen-bond donors (Lipinski definition) is 2. The number of para-hydroxylation sites is 1. The summed E-state index contributed by atoms with van der Waals surface area (Å²) in [7, 11) is 0. The van der Waals surface area contributed by atoms with Crippen LogP contribution in [0.25, 0.3) is 10.9 Å². The van der Waals surface area contributed by atoms with E-state index in [9.17, 15) is 14.4 Å². The average Bonchev–Trinajstić information content (AvgIpc) is 3.56. The fourth-order valence-corrected chi connectivity index (χ4v) is 4.46. The summed E-state index contributed by atoms with van der Waals surface area (Å²) in [5, 5.41) is 3.83. The predicted molar refractivity (Wildman–Crippen MR) is 120 cm³/mol. The van der Waals surface area contributed by atoms with Crippen LogP contribution in [0.4, 0.5) is 0 Å². The third kappa shape index (κ3) is 4.47. The fourth-order valence-electron chi connectivity index (χ4n) is 4.46. The molecule has 170 valence electrons. The highest BCUT2D eigenvalue weighted by Crippen LogP contribution is 2.24. The second-order valence-corrected chi connectivity index (χ2v) is 8.40. The molecule has 2 aliphatic heterocycles. The quantitative estimate of drug-likeness (QED) is 0.566. The summed E-state index contributed by atoms with van der Waals surface area (Å²) in [6.45, 7) is 0.764. The molecule has 3 atom stereocenters. The van der Waals surface area contributed by atoms with Crippen LogP contribution in [0.1, 0.15) is 35.3 Å². The Labute approximate surface area is 190 Å². The van der Waals surface area contributed by atoms with Gasteiger partial charge in [0.2, 0.25) is 12.2 Å². The molecule has 2 aromatic carbocycles. The molecule has 0 aliphatic carbocycles. The van der Waals surface area contributed by atoms with Crippen LogP contribution in [0.3, 0.4) is 0 Å². The van der Waals surface area contributed by atoms with Crippen LogP contribution < -0.4 is 5.32 Å². The Morgan fingerprint density at radius 2 is 1.91 bits per heavy atom. The van der Waals surface area contributed by atoms with Crippen molar-refractivity contribution in [3.05, 3.63) is 71.9 Å². The molecule has 2 amide bonds. The lowest BCUT2D eigenvalue weighted by Gasteiger charge is -2.26. The number of likely N-dealkylation sites (tertiary alicyclic amines) is 1. The molecule has 8 nitrogen and oxygen atoms in total. The molecule has 0 radical (unpaired) electrons. The van der Waals surface area contributed by atoms with Crippen molar-refractivity contribution < 1.29 is 23.9 Å². The maximum Gasteiger partial charge on any atom is 0.310 e. The number of amides is 2. The van der Waals surface area contributed by atoms with Gasteiger partial charge in [-0.2, -0.15) is 0 Å². The van der Waals surface area contributed by atoms with Gasteiger partial charge in [-0.25, -0.2) is 0 Å². The van der Waals surface area contributed by atoms with Crippen molar-refractivity contribution in [2.75, 3.05) is 6.54 Å². The highest BCUT2D eigenvalue weighted by Gasteiger charge is 2.41. The number of aromatic nitrogens is 1. The summed E-state index contributed by atoms with van der Waals surface area (Å²) in [6.07, 6.45) is 0.474. The van der Waals surface area contributed by atoms with Gasteiger partial charge >= 0.3 is 5.97 Å². The van der Waals surface area contributed by atoms with E-state index in [0.717, 1.165) is 22.9 Å². The second-order valence-electron chi connectivity index (χ2n) is 8.40. The van der Waals surface area contributed by atoms with E-state index in [4.69, 9.17) is 9.47 Å². The monoisotopic (exact) mass is 447 g/mol. The molecular formula is C25H25N3O5. The van der Waals surface area contributed by atoms with Crippen LogP contribution in [0.2, 0.25) is 0 Å². The van der Waals surface area contributed by atoms with Crippen molar-refractivity contribution in [3.8, 4) is 0 Å². The lowest BCUT2D eigenvalue weighted by Crippen LogP contribution is -2.51. The van der Waals surface area contributed by atoms with Gasteiger partial charge in [-0.3, -0.25) is 14.4 Å². The van der Waals surface area contributed by atoms with Crippen molar-refractivity contribution in [2.24, 2.45) is 0 Å². The molecule has 0 spiro atoms. The van der Waals surface area contributed by atoms with Gasteiger partial charge in [-0.1, -0.05) is 48.5 Å². The molecule has 5 rings (SSSR count). The Bertz CT molecular complexity index is 1140. The maximum atomic E-state index is 13.2. The fraction of sp³-hybridized carbons (Fsp3) is 0.320. The number of ether oxygens (including phenoxy) is 2. The van der Waals surface area contributed by atoms with Crippen LogP contribution in [0.15, 0.2) is 60.7 Å². The molecular weight excluding hydrogens is 422 g/mol. The SMILES string of the molecule is O=C1CC(NC(=O)C2CCCN2C(=O)c2cc3ccccc3[nH]2)C(OCc2ccccc2)O1.